The van der Waals surface area contributed by atoms with Crippen LogP contribution in [0.25, 0.3) is 0 Å². The van der Waals surface area contributed by atoms with Crippen molar-refractivity contribution >= 4 is 16.9 Å². The molecule has 0 radical (unpaired) electrons. The highest BCUT2D eigenvalue weighted by Crippen LogP contribution is 2.04. The summed E-state index contributed by atoms with van der Waals surface area (Å²) in [5.41, 5.74) is 0. The van der Waals surface area contributed by atoms with Crippen LogP contribution in [0.3, 0.4) is 0 Å². The van der Waals surface area contributed by atoms with E-state index in [2.05, 4.69) is 10.3 Å². The van der Waals surface area contributed by atoms with E-state index in [4.69, 9.17) is 5.11 Å². The lowest BCUT2D eigenvalue weighted by atomic mass is 10.3. The van der Waals surface area contributed by atoms with Crippen molar-refractivity contribution in [2.75, 3.05) is 12.9 Å². The zero-order valence-electron chi connectivity index (χ0n) is 5.74. The van der Waals surface area contributed by atoms with Crippen molar-refractivity contribution in [2.45, 2.75) is 6.04 Å². The first-order valence-electron chi connectivity index (χ1n) is 3.02. The second-order valence-corrected chi connectivity index (χ2v) is 2.69. The number of thioether (sulfide) groups is 1. The topological polar surface area (TPSA) is 44.6 Å². The molecule has 1 rings (SSSR count). The average molecular weight is 158 g/mol. The number of rotatable bonds is 1. The Morgan fingerprint density at radius 3 is 3.30 bits per heavy atom. The lowest BCUT2D eigenvalue weighted by molar-refractivity contribution is 0.284. The molecule has 0 saturated carbocycles. The van der Waals surface area contributed by atoms with E-state index in [1.165, 1.54) is 0 Å². The number of aliphatic imine (C=N–C) groups is 1. The van der Waals surface area contributed by atoms with E-state index in [1.54, 1.807) is 18.0 Å². The molecular weight excluding hydrogens is 148 g/mol. The van der Waals surface area contributed by atoms with Crippen molar-refractivity contribution < 1.29 is 5.11 Å². The molecule has 0 aliphatic carbocycles. The fourth-order valence-corrected chi connectivity index (χ4v) is 1.10. The molecular formula is C6H10N2OS. The van der Waals surface area contributed by atoms with Gasteiger partial charge in [-0.05, 0) is 12.3 Å². The summed E-state index contributed by atoms with van der Waals surface area (Å²) in [4.78, 5) is 4.15. The van der Waals surface area contributed by atoms with Gasteiger partial charge in [-0.3, -0.25) is 4.99 Å². The highest BCUT2D eigenvalue weighted by molar-refractivity contribution is 8.13. The van der Waals surface area contributed by atoms with Gasteiger partial charge in [0.25, 0.3) is 0 Å². The molecule has 0 saturated heterocycles. The fourth-order valence-electron chi connectivity index (χ4n) is 0.675. The summed E-state index contributed by atoms with van der Waals surface area (Å²) in [5.74, 6) is 0. The lowest BCUT2D eigenvalue weighted by Crippen LogP contribution is -2.23. The summed E-state index contributed by atoms with van der Waals surface area (Å²) in [6.07, 6.45) is 5.58. The Balaban J connectivity index is 2.54. The predicted molar refractivity (Wildman–Crippen MR) is 44.1 cm³/mol. The first kappa shape index (κ1) is 7.63. The van der Waals surface area contributed by atoms with Gasteiger partial charge < -0.3 is 10.4 Å². The minimum absolute atomic E-state index is 0.0521. The van der Waals surface area contributed by atoms with E-state index in [0.717, 1.165) is 5.17 Å². The monoisotopic (exact) mass is 158 g/mol. The molecule has 0 amide bonds. The van der Waals surface area contributed by atoms with Crippen LogP contribution in [0.1, 0.15) is 0 Å². The largest absolute Gasteiger partial charge is 0.394 e. The highest BCUT2D eigenvalue weighted by atomic mass is 32.2. The first-order valence-corrected chi connectivity index (χ1v) is 4.25. The third kappa shape index (κ3) is 1.75. The Morgan fingerprint density at radius 2 is 2.70 bits per heavy atom. The van der Waals surface area contributed by atoms with Gasteiger partial charge in [-0.25, -0.2) is 0 Å². The van der Waals surface area contributed by atoms with Gasteiger partial charge in [-0.1, -0.05) is 11.8 Å². The van der Waals surface area contributed by atoms with Gasteiger partial charge in [-0.2, -0.15) is 0 Å². The zero-order chi connectivity index (χ0) is 7.40. The third-order valence-corrected chi connectivity index (χ3v) is 1.80. The summed E-state index contributed by atoms with van der Waals surface area (Å²) in [6, 6.07) is -0.0521. The molecule has 1 unspecified atom stereocenters. The fraction of sp³-hybridized carbons (Fsp3) is 0.500. The van der Waals surface area contributed by atoms with Crippen LogP contribution in [-0.4, -0.2) is 29.2 Å². The summed E-state index contributed by atoms with van der Waals surface area (Å²) < 4.78 is 0. The Kier molecular flexibility index (Phi) is 2.77. The van der Waals surface area contributed by atoms with Crippen LogP contribution in [0.15, 0.2) is 17.3 Å². The Bertz CT molecular complexity index is 167. The average Bonchev–Trinajstić information content (AvgIpc) is 2.05. The first-order chi connectivity index (χ1) is 4.86. The molecule has 0 aromatic heterocycles. The summed E-state index contributed by atoms with van der Waals surface area (Å²) >= 11 is 1.54. The normalized spacial score (nSPS) is 23.8. The molecule has 1 aliphatic heterocycles. The molecule has 0 aromatic carbocycles. The van der Waals surface area contributed by atoms with Gasteiger partial charge >= 0.3 is 0 Å². The summed E-state index contributed by atoms with van der Waals surface area (Å²) in [6.45, 7) is 0.0856. The molecule has 0 bridgehead atoms. The van der Waals surface area contributed by atoms with Gasteiger partial charge in [0.1, 0.15) is 0 Å². The molecule has 0 fully saturated rings. The third-order valence-electron chi connectivity index (χ3n) is 1.19. The van der Waals surface area contributed by atoms with Crippen LogP contribution in [0.2, 0.25) is 0 Å². The molecule has 1 atom stereocenters. The SMILES string of the molecule is CSC1=NC(CO)C=CN1. The van der Waals surface area contributed by atoms with Gasteiger partial charge in [0, 0.05) is 6.20 Å². The van der Waals surface area contributed by atoms with Crippen molar-refractivity contribution in [1.82, 2.24) is 5.32 Å². The van der Waals surface area contributed by atoms with E-state index < -0.39 is 0 Å². The maximum atomic E-state index is 8.71. The van der Waals surface area contributed by atoms with Gasteiger partial charge in [0.05, 0.1) is 12.6 Å². The van der Waals surface area contributed by atoms with Gasteiger partial charge in [-0.15, -0.1) is 0 Å². The van der Waals surface area contributed by atoms with E-state index >= 15 is 0 Å². The summed E-state index contributed by atoms with van der Waals surface area (Å²) in [5, 5.41) is 12.5. The maximum absolute atomic E-state index is 8.71. The number of hydrogen-bond donors (Lipinski definition) is 2. The van der Waals surface area contributed by atoms with Crippen molar-refractivity contribution in [3.05, 3.63) is 12.3 Å². The molecule has 56 valence electrons. The Hall–Kier alpha value is -0.480. The standard InChI is InChI=1S/C6H10N2OS/c1-10-6-7-3-2-5(4-9)8-6/h2-3,5,9H,4H2,1H3,(H,7,8). The van der Waals surface area contributed by atoms with Crippen LogP contribution in [0, 0.1) is 0 Å². The molecule has 10 heavy (non-hydrogen) atoms. The highest BCUT2D eigenvalue weighted by Gasteiger charge is 2.05. The van der Waals surface area contributed by atoms with Crippen molar-refractivity contribution in [3.8, 4) is 0 Å². The lowest BCUT2D eigenvalue weighted by Gasteiger charge is -2.12. The molecule has 2 N–H and O–H groups in total. The Labute approximate surface area is 64.2 Å². The van der Waals surface area contributed by atoms with E-state index in [1.807, 2.05) is 12.3 Å². The second kappa shape index (κ2) is 3.63. The molecule has 1 heterocycles. The molecule has 3 nitrogen and oxygen atoms in total. The second-order valence-electron chi connectivity index (χ2n) is 1.89. The van der Waals surface area contributed by atoms with Crippen LogP contribution in [0.5, 0.6) is 0 Å². The number of nitrogens with one attached hydrogen (secondary N) is 1. The predicted octanol–water partition coefficient (Wildman–Crippen LogP) is 0.183. The smallest absolute Gasteiger partial charge is 0.160 e. The maximum Gasteiger partial charge on any atom is 0.160 e. The van der Waals surface area contributed by atoms with Crippen LogP contribution in [0.4, 0.5) is 0 Å². The van der Waals surface area contributed by atoms with Gasteiger partial charge in [0.2, 0.25) is 0 Å². The molecule has 0 aromatic rings. The van der Waals surface area contributed by atoms with Crippen LogP contribution < -0.4 is 5.32 Å². The summed E-state index contributed by atoms with van der Waals surface area (Å²) in [7, 11) is 0. The van der Waals surface area contributed by atoms with Crippen molar-refractivity contribution in [2.24, 2.45) is 4.99 Å². The van der Waals surface area contributed by atoms with Crippen LogP contribution in [-0.2, 0) is 0 Å². The van der Waals surface area contributed by atoms with Crippen LogP contribution >= 0.6 is 11.8 Å². The van der Waals surface area contributed by atoms with E-state index in [9.17, 15) is 0 Å². The number of amidine groups is 1. The molecule has 4 heteroatoms. The van der Waals surface area contributed by atoms with E-state index in [-0.39, 0.29) is 12.6 Å². The number of aliphatic hydroxyl groups excluding tert-OH is 1. The zero-order valence-corrected chi connectivity index (χ0v) is 6.56. The van der Waals surface area contributed by atoms with Crippen molar-refractivity contribution in [1.29, 1.82) is 0 Å². The van der Waals surface area contributed by atoms with Crippen molar-refractivity contribution in [3.63, 3.8) is 0 Å². The molecule has 0 spiro atoms. The minimum Gasteiger partial charge on any atom is -0.394 e. The number of hydrogen-bond acceptors (Lipinski definition) is 4. The van der Waals surface area contributed by atoms with E-state index in [0.29, 0.717) is 0 Å². The minimum atomic E-state index is -0.0521. The quantitative estimate of drug-likeness (QED) is 0.572. The Morgan fingerprint density at radius 1 is 1.90 bits per heavy atom. The molecule has 1 aliphatic rings. The number of aliphatic hydroxyl groups is 1. The van der Waals surface area contributed by atoms with Gasteiger partial charge in [0.15, 0.2) is 5.17 Å². The number of nitrogens with zero attached hydrogens (tertiary/aromatic N) is 1.